The highest BCUT2D eigenvalue weighted by Crippen LogP contribution is 2.14. The van der Waals surface area contributed by atoms with E-state index in [1.54, 1.807) is 0 Å². The van der Waals surface area contributed by atoms with Crippen molar-refractivity contribution in [3.63, 3.8) is 0 Å². The lowest BCUT2D eigenvalue weighted by Crippen LogP contribution is -1.98. The van der Waals surface area contributed by atoms with Crippen LogP contribution in [0.3, 0.4) is 0 Å². The van der Waals surface area contributed by atoms with E-state index in [0.29, 0.717) is 0 Å². The summed E-state index contributed by atoms with van der Waals surface area (Å²) in [5, 5.41) is 4.34. The minimum Gasteiger partial charge on any atom is -0.269 e. The molecule has 0 fully saturated rings. The standard InChI is InChI=1S/C7H11IN2/c1-4-10-6(3)7(8)5(2)9-10/h4H2,1-3H3. The predicted molar refractivity (Wildman–Crippen MR) is 50.1 cm³/mol. The Morgan fingerprint density at radius 2 is 2.10 bits per heavy atom. The smallest absolute Gasteiger partial charge is 0.0729 e. The van der Waals surface area contributed by atoms with Gasteiger partial charge in [0, 0.05) is 12.2 Å². The molecule has 1 heterocycles. The van der Waals surface area contributed by atoms with Crippen LogP contribution in [-0.4, -0.2) is 9.78 Å². The number of hydrogen-bond acceptors (Lipinski definition) is 1. The minimum atomic E-state index is 0.968. The van der Waals surface area contributed by atoms with Gasteiger partial charge in [0.1, 0.15) is 0 Å². The lowest BCUT2D eigenvalue weighted by Gasteiger charge is -1.96. The first-order valence-electron chi connectivity index (χ1n) is 3.36. The Hall–Kier alpha value is -0.0600. The van der Waals surface area contributed by atoms with Crippen LogP contribution < -0.4 is 0 Å². The topological polar surface area (TPSA) is 17.8 Å². The Bertz CT molecular complexity index is 240. The fraction of sp³-hybridized carbons (Fsp3) is 0.571. The molecule has 0 aliphatic rings. The minimum absolute atomic E-state index is 0.968. The largest absolute Gasteiger partial charge is 0.269 e. The van der Waals surface area contributed by atoms with Crippen molar-refractivity contribution < 1.29 is 0 Å². The van der Waals surface area contributed by atoms with Gasteiger partial charge in [-0.2, -0.15) is 5.10 Å². The van der Waals surface area contributed by atoms with Gasteiger partial charge in [0.2, 0.25) is 0 Å². The van der Waals surface area contributed by atoms with Gasteiger partial charge in [-0.1, -0.05) is 0 Å². The summed E-state index contributed by atoms with van der Waals surface area (Å²) in [7, 11) is 0. The fourth-order valence-corrected chi connectivity index (χ4v) is 1.37. The maximum Gasteiger partial charge on any atom is 0.0729 e. The van der Waals surface area contributed by atoms with Crippen LogP contribution in [0.5, 0.6) is 0 Å². The summed E-state index contributed by atoms with van der Waals surface area (Å²) in [5.41, 5.74) is 2.42. The zero-order chi connectivity index (χ0) is 7.72. The van der Waals surface area contributed by atoms with Crippen molar-refractivity contribution in [2.75, 3.05) is 0 Å². The first-order valence-corrected chi connectivity index (χ1v) is 4.44. The van der Waals surface area contributed by atoms with E-state index in [0.717, 1.165) is 12.2 Å². The number of rotatable bonds is 1. The molecule has 0 amide bonds. The van der Waals surface area contributed by atoms with Crippen LogP contribution in [0.2, 0.25) is 0 Å². The third-order valence-corrected chi connectivity index (χ3v) is 3.15. The molecule has 0 saturated carbocycles. The fourth-order valence-electron chi connectivity index (χ4n) is 0.983. The summed E-state index contributed by atoms with van der Waals surface area (Å²) in [6, 6.07) is 0. The average Bonchev–Trinajstić information content (AvgIpc) is 2.17. The van der Waals surface area contributed by atoms with Crippen molar-refractivity contribution in [1.82, 2.24) is 9.78 Å². The Balaban J connectivity index is 3.17. The molecule has 1 aromatic heterocycles. The summed E-state index contributed by atoms with van der Waals surface area (Å²) in [6.07, 6.45) is 0. The SMILES string of the molecule is CCn1nc(C)c(I)c1C. The highest BCUT2D eigenvalue weighted by Gasteiger charge is 2.05. The summed E-state index contributed by atoms with van der Waals surface area (Å²) in [4.78, 5) is 0. The number of halogens is 1. The van der Waals surface area contributed by atoms with E-state index in [1.165, 1.54) is 9.26 Å². The van der Waals surface area contributed by atoms with Gasteiger partial charge >= 0.3 is 0 Å². The molecule has 56 valence electrons. The molecular weight excluding hydrogens is 239 g/mol. The van der Waals surface area contributed by atoms with E-state index in [9.17, 15) is 0 Å². The van der Waals surface area contributed by atoms with Crippen molar-refractivity contribution in [3.8, 4) is 0 Å². The third kappa shape index (κ3) is 1.19. The van der Waals surface area contributed by atoms with Gasteiger partial charge in [0.25, 0.3) is 0 Å². The van der Waals surface area contributed by atoms with Gasteiger partial charge in [-0.05, 0) is 43.4 Å². The van der Waals surface area contributed by atoms with Crippen molar-refractivity contribution in [1.29, 1.82) is 0 Å². The van der Waals surface area contributed by atoms with E-state index in [-0.39, 0.29) is 0 Å². The number of nitrogens with zero attached hydrogens (tertiary/aromatic N) is 2. The summed E-state index contributed by atoms with van der Waals surface area (Å²) >= 11 is 2.33. The van der Waals surface area contributed by atoms with Crippen LogP contribution in [0.25, 0.3) is 0 Å². The maximum atomic E-state index is 4.34. The first-order chi connectivity index (χ1) is 4.66. The van der Waals surface area contributed by atoms with E-state index in [1.807, 2.05) is 11.6 Å². The Morgan fingerprint density at radius 3 is 2.30 bits per heavy atom. The third-order valence-electron chi connectivity index (χ3n) is 1.59. The molecule has 0 bridgehead atoms. The van der Waals surface area contributed by atoms with Crippen LogP contribution in [0, 0.1) is 17.4 Å². The van der Waals surface area contributed by atoms with Crippen molar-refractivity contribution in [2.24, 2.45) is 0 Å². The molecule has 2 nitrogen and oxygen atoms in total. The van der Waals surface area contributed by atoms with E-state index in [4.69, 9.17) is 0 Å². The van der Waals surface area contributed by atoms with E-state index >= 15 is 0 Å². The van der Waals surface area contributed by atoms with Gasteiger partial charge in [-0.15, -0.1) is 0 Å². The molecule has 0 radical (unpaired) electrons. The van der Waals surface area contributed by atoms with Crippen LogP contribution in [0.1, 0.15) is 18.3 Å². The van der Waals surface area contributed by atoms with Gasteiger partial charge in [0.05, 0.1) is 9.26 Å². The molecule has 0 saturated heterocycles. The highest BCUT2D eigenvalue weighted by atomic mass is 127. The summed E-state index contributed by atoms with van der Waals surface area (Å²) in [6.45, 7) is 7.22. The Morgan fingerprint density at radius 1 is 1.50 bits per heavy atom. The number of aryl methyl sites for hydroxylation is 2. The Kier molecular flexibility index (Phi) is 2.33. The second kappa shape index (κ2) is 2.90. The molecule has 0 N–H and O–H groups in total. The van der Waals surface area contributed by atoms with Crippen LogP contribution in [-0.2, 0) is 6.54 Å². The summed E-state index contributed by atoms with van der Waals surface area (Å²) in [5.74, 6) is 0. The highest BCUT2D eigenvalue weighted by molar-refractivity contribution is 14.1. The van der Waals surface area contributed by atoms with Gasteiger partial charge in [-0.3, -0.25) is 4.68 Å². The van der Waals surface area contributed by atoms with Crippen LogP contribution in [0.15, 0.2) is 0 Å². The molecule has 0 aliphatic heterocycles. The lowest BCUT2D eigenvalue weighted by atomic mass is 10.4. The molecule has 0 spiro atoms. The van der Waals surface area contributed by atoms with Crippen molar-refractivity contribution in [2.45, 2.75) is 27.3 Å². The lowest BCUT2D eigenvalue weighted by molar-refractivity contribution is 0.634. The van der Waals surface area contributed by atoms with E-state index in [2.05, 4.69) is 41.5 Å². The van der Waals surface area contributed by atoms with Gasteiger partial charge in [0.15, 0.2) is 0 Å². The normalized spacial score (nSPS) is 10.4. The summed E-state index contributed by atoms with van der Waals surface area (Å²) < 4.78 is 3.32. The number of hydrogen-bond donors (Lipinski definition) is 0. The van der Waals surface area contributed by atoms with Crippen LogP contribution in [0.4, 0.5) is 0 Å². The van der Waals surface area contributed by atoms with Crippen molar-refractivity contribution >= 4 is 22.6 Å². The molecule has 0 atom stereocenters. The maximum absolute atomic E-state index is 4.34. The monoisotopic (exact) mass is 250 g/mol. The predicted octanol–water partition coefficient (Wildman–Crippen LogP) is 2.12. The average molecular weight is 250 g/mol. The first kappa shape index (κ1) is 8.04. The number of aromatic nitrogens is 2. The molecule has 10 heavy (non-hydrogen) atoms. The van der Waals surface area contributed by atoms with Gasteiger partial charge in [-0.25, -0.2) is 0 Å². The molecular formula is C7H11IN2. The van der Waals surface area contributed by atoms with E-state index < -0.39 is 0 Å². The molecule has 0 aliphatic carbocycles. The molecule has 1 rings (SSSR count). The zero-order valence-electron chi connectivity index (χ0n) is 6.48. The van der Waals surface area contributed by atoms with Gasteiger partial charge < -0.3 is 0 Å². The van der Waals surface area contributed by atoms with Crippen LogP contribution >= 0.6 is 22.6 Å². The Labute approximate surface area is 74.8 Å². The van der Waals surface area contributed by atoms with Crippen molar-refractivity contribution in [3.05, 3.63) is 15.0 Å². The second-order valence-electron chi connectivity index (χ2n) is 2.30. The molecule has 1 aromatic rings. The zero-order valence-corrected chi connectivity index (χ0v) is 8.64. The second-order valence-corrected chi connectivity index (χ2v) is 3.38. The molecule has 3 heteroatoms. The molecule has 0 aromatic carbocycles. The molecule has 0 unspecified atom stereocenters. The quantitative estimate of drug-likeness (QED) is 0.698.